The van der Waals surface area contributed by atoms with Crippen molar-refractivity contribution in [1.82, 2.24) is 14.9 Å². The van der Waals surface area contributed by atoms with E-state index in [0.717, 1.165) is 34.7 Å². The minimum Gasteiger partial charge on any atom is -0.380 e. The quantitative estimate of drug-likeness (QED) is 0.197. The van der Waals surface area contributed by atoms with Crippen molar-refractivity contribution >= 4 is 59.8 Å². The van der Waals surface area contributed by atoms with E-state index in [9.17, 15) is 0 Å². The Morgan fingerprint density at radius 1 is 0.510 bits per heavy atom. The molecule has 7 aromatic carbocycles. The van der Waals surface area contributed by atoms with Crippen LogP contribution in [0.1, 0.15) is 5.69 Å². The summed E-state index contributed by atoms with van der Waals surface area (Å²) < 4.78 is 2.34. The number of fused-ring (bicyclic) bond motifs is 6. The number of para-hydroxylation sites is 1. The molecule has 3 heteroatoms. The predicted octanol–water partition coefficient (Wildman–Crippen LogP) is 11.5. The van der Waals surface area contributed by atoms with E-state index in [1.807, 2.05) is 6.20 Å². The van der Waals surface area contributed by atoms with Gasteiger partial charge in [0.05, 0.1) is 28.6 Å². The highest BCUT2D eigenvalue weighted by Crippen LogP contribution is 2.45. The first kappa shape index (κ1) is 27.6. The second-order valence-electron chi connectivity index (χ2n) is 12.8. The highest BCUT2D eigenvalue weighted by Gasteiger charge is 2.20. The minimum atomic E-state index is 0.802. The van der Waals surface area contributed by atoms with Crippen LogP contribution in [0.25, 0.3) is 87.8 Å². The maximum absolute atomic E-state index is 4.95. The number of nitrogens with zero attached hydrogens (tertiary/aromatic N) is 2. The molecule has 0 atom stereocenters. The molecule has 230 valence electrons. The van der Waals surface area contributed by atoms with Crippen LogP contribution in [0.15, 0.2) is 170 Å². The Morgan fingerprint density at radius 2 is 1.12 bits per heavy atom. The zero-order valence-electron chi connectivity index (χ0n) is 26.8. The minimum absolute atomic E-state index is 0.802. The largest absolute Gasteiger partial charge is 0.380 e. The fourth-order valence-corrected chi connectivity index (χ4v) is 7.81. The summed E-state index contributed by atoms with van der Waals surface area (Å²) in [5.74, 6) is 0. The predicted molar refractivity (Wildman–Crippen MR) is 207 cm³/mol. The zero-order chi connectivity index (χ0) is 32.3. The Bertz CT molecular complexity index is 2760. The van der Waals surface area contributed by atoms with E-state index in [4.69, 9.17) is 4.98 Å². The average molecular weight is 626 g/mol. The van der Waals surface area contributed by atoms with E-state index in [1.54, 1.807) is 0 Å². The van der Waals surface area contributed by atoms with Crippen LogP contribution in [0.2, 0.25) is 0 Å². The van der Waals surface area contributed by atoms with Gasteiger partial charge in [-0.05, 0) is 97.0 Å². The number of hydrogen-bond donors (Lipinski definition) is 1. The molecule has 1 aliphatic rings. The third-order valence-corrected chi connectivity index (χ3v) is 10.0. The van der Waals surface area contributed by atoms with Crippen LogP contribution in [0.3, 0.4) is 0 Å². The Morgan fingerprint density at radius 3 is 1.82 bits per heavy atom. The van der Waals surface area contributed by atoms with Gasteiger partial charge in [-0.2, -0.15) is 0 Å². The van der Waals surface area contributed by atoms with Gasteiger partial charge in [0.2, 0.25) is 0 Å². The number of nitrogens with one attached hydrogen (secondary N) is 1. The molecule has 49 heavy (non-hydrogen) atoms. The van der Waals surface area contributed by atoms with E-state index in [-0.39, 0.29) is 0 Å². The van der Waals surface area contributed by atoms with Crippen molar-refractivity contribution < 1.29 is 0 Å². The normalized spacial score (nSPS) is 13.0. The molecule has 1 aliphatic heterocycles. The first-order valence-electron chi connectivity index (χ1n) is 16.9. The lowest BCUT2D eigenvalue weighted by molar-refractivity contribution is 0.982. The Hall–Kier alpha value is -6.45. The lowest BCUT2D eigenvalue weighted by atomic mass is 9.85. The van der Waals surface area contributed by atoms with Gasteiger partial charge in [-0.1, -0.05) is 121 Å². The summed E-state index contributed by atoms with van der Waals surface area (Å²) in [6.07, 6.45) is 8.35. The first-order chi connectivity index (χ1) is 24.3. The number of aromatic nitrogens is 2. The van der Waals surface area contributed by atoms with Crippen LogP contribution in [0, 0.1) is 0 Å². The molecule has 3 heterocycles. The van der Waals surface area contributed by atoms with Gasteiger partial charge in [0.25, 0.3) is 0 Å². The molecule has 0 radical (unpaired) electrons. The van der Waals surface area contributed by atoms with Crippen molar-refractivity contribution in [3.63, 3.8) is 0 Å². The van der Waals surface area contributed by atoms with Crippen LogP contribution in [-0.4, -0.2) is 16.1 Å². The van der Waals surface area contributed by atoms with Gasteiger partial charge < -0.3 is 9.88 Å². The molecular weight excluding hydrogens is 595 g/mol. The molecule has 0 bridgehead atoms. The van der Waals surface area contributed by atoms with Crippen LogP contribution in [0.5, 0.6) is 0 Å². The molecule has 0 aliphatic carbocycles. The number of hydrogen-bond acceptors (Lipinski definition) is 2. The van der Waals surface area contributed by atoms with Gasteiger partial charge in [0.15, 0.2) is 0 Å². The standard InChI is InChI=1S/C46H31N3/c1-2-14-34(15-3-1)49-43-24-23-33(27-39(43)40-28-42(48-29-44(40)49)41-20-10-11-25-47-41)46-37-18-8-6-16-35(37)45(36-17-7-9-19-38(36)46)32-22-21-30-12-4-5-13-31(30)26-32/h1-24,26-29,47H,25H2. The van der Waals surface area contributed by atoms with Crippen LogP contribution in [0.4, 0.5) is 0 Å². The highest BCUT2D eigenvalue weighted by atomic mass is 15.0. The molecule has 0 saturated carbocycles. The number of allylic oxidation sites excluding steroid dienone is 2. The van der Waals surface area contributed by atoms with Gasteiger partial charge in [0, 0.05) is 23.0 Å². The third-order valence-electron chi connectivity index (χ3n) is 10.0. The average Bonchev–Trinajstić information content (AvgIpc) is 3.50. The zero-order valence-corrected chi connectivity index (χ0v) is 26.8. The Balaban J connectivity index is 1.27. The third kappa shape index (κ3) is 4.40. The Labute approximate surface area is 284 Å². The van der Waals surface area contributed by atoms with Crippen molar-refractivity contribution in [2.75, 3.05) is 6.54 Å². The monoisotopic (exact) mass is 625 g/mol. The fourth-order valence-electron chi connectivity index (χ4n) is 7.81. The summed E-state index contributed by atoms with van der Waals surface area (Å²) in [6, 6.07) is 53.1. The first-order valence-corrected chi connectivity index (χ1v) is 16.9. The van der Waals surface area contributed by atoms with E-state index in [0.29, 0.717) is 0 Å². The molecule has 0 spiro atoms. The molecule has 0 fully saturated rings. The van der Waals surface area contributed by atoms with E-state index < -0.39 is 0 Å². The summed E-state index contributed by atoms with van der Waals surface area (Å²) in [5.41, 5.74) is 10.3. The lowest BCUT2D eigenvalue weighted by Crippen LogP contribution is -2.15. The van der Waals surface area contributed by atoms with E-state index in [2.05, 4.69) is 174 Å². The van der Waals surface area contributed by atoms with Crippen molar-refractivity contribution in [3.05, 3.63) is 176 Å². The summed E-state index contributed by atoms with van der Waals surface area (Å²) in [5, 5.41) is 13.4. The van der Waals surface area contributed by atoms with Crippen molar-refractivity contribution in [3.8, 4) is 27.9 Å². The van der Waals surface area contributed by atoms with Crippen molar-refractivity contribution in [2.24, 2.45) is 0 Å². The summed E-state index contributed by atoms with van der Waals surface area (Å²) in [4.78, 5) is 4.95. The molecule has 9 aromatic rings. The summed E-state index contributed by atoms with van der Waals surface area (Å²) >= 11 is 0. The molecule has 2 aromatic heterocycles. The van der Waals surface area contributed by atoms with Gasteiger partial charge in [-0.25, -0.2) is 0 Å². The number of pyridine rings is 1. The molecule has 1 N–H and O–H groups in total. The van der Waals surface area contributed by atoms with Crippen LogP contribution >= 0.6 is 0 Å². The smallest absolute Gasteiger partial charge is 0.0868 e. The maximum atomic E-state index is 4.95. The number of rotatable bonds is 4. The topological polar surface area (TPSA) is 29.9 Å². The number of benzene rings is 7. The van der Waals surface area contributed by atoms with Gasteiger partial charge in [0.1, 0.15) is 0 Å². The van der Waals surface area contributed by atoms with Crippen LogP contribution in [-0.2, 0) is 0 Å². The summed E-state index contributed by atoms with van der Waals surface area (Å²) in [6.45, 7) is 0.802. The highest BCUT2D eigenvalue weighted by molar-refractivity contribution is 6.22. The molecular formula is C46H31N3. The lowest BCUT2D eigenvalue weighted by Gasteiger charge is -2.18. The van der Waals surface area contributed by atoms with Crippen molar-refractivity contribution in [1.29, 1.82) is 0 Å². The van der Waals surface area contributed by atoms with E-state index >= 15 is 0 Å². The molecule has 0 unspecified atom stereocenters. The summed E-state index contributed by atoms with van der Waals surface area (Å²) in [7, 11) is 0. The maximum Gasteiger partial charge on any atom is 0.0868 e. The van der Waals surface area contributed by atoms with Gasteiger partial charge >= 0.3 is 0 Å². The molecule has 0 saturated heterocycles. The second kappa shape index (κ2) is 11.1. The fraction of sp³-hybridized carbons (Fsp3) is 0.0217. The second-order valence-corrected chi connectivity index (χ2v) is 12.8. The molecule has 0 amide bonds. The van der Waals surface area contributed by atoms with E-state index in [1.165, 1.54) is 65.3 Å². The van der Waals surface area contributed by atoms with Crippen LogP contribution < -0.4 is 5.32 Å². The SMILES string of the molecule is C1=CCNC(c2cc3c4cc(-c5c6ccccc6c(-c6ccc7ccccc7c6)c6ccccc56)ccc4n(-c4ccccc4)c3cn2)=C1. The van der Waals surface area contributed by atoms with Gasteiger partial charge in [-0.3, -0.25) is 4.98 Å². The number of dihydropyridines is 1. The Kier molecular flexibility index (Phi) is 6.25. The molecule has 10 rings (SSSR count). The molecule has 3 nitrogen and oxygen atoms in total. The van der Waals surface area contributed by atoms with Crippen molar-refractivity contribution in [2.45, 2.75) is 0 Å². The van der Waals surface area contributed by atoms with Gasteiger partial charge in [-0.15, -0.1) is 0 Å².